The average molecular weight is 367 g/mol. The highest BCUT2D eigenvalue weighted by molar-refractivity contribution is 5.85. The van der Waals surface area contributed by atoms with Crippen LogP contribution in [0.2, 0.25) is 0 Å². The largest absolute Gasteiger partial charge is 0.443 e. The van der Waals surface area contributed by atoms with Crippen LogP contribution in [0.5, 0.6) is 0 Å². The molecule has 3 rings (SSSR count). The van der Waals surface area contributed by atoms with Crippen molar-refractivity contribution >= 4 is 12.0 Å². The first-order valence-electron chi connectivity index (χ1n) is 9.46. The van der Waals surface area contributed by atoms with Crippen LogP contribution in [0.25, 0.3) is 11.3 Å². The molecule has 1 radical (unpaired) electrons. The van der Waals surface area contributed by atoms with Crippen molar-refractivity contribution in [1.29, 1.82) is 0 Å². The Bertz CT molecular complexity index is 794. The maximum Gasteiger partial charge on any atom is 0.418 e. The maximum atomic E-state index is 12.4. The van der Waals surface area contributed by atoms with Crippen LogP contribution in [0.1, 0.15) is 39.2 Å². The van der Waals surface area contributed by atoms with E-state index in [1.165, 1.54) is 4.57 Å². The number of ether oxygens (including phenoxy) is 1. The third-order valence-electron chi connectivity index (χ3n) is 4.52. The number of aromatic nitrogens is 1. The summed E-state index contributed by atoms with van der Waals surface area (Å²) in [6, 6.07) is 11.7. The van der Waals surface area contributed by atoms with E-state index >= 15 is 0 Å². The molecule has 1 aliphatic rings. The average Bonchev–Trinajstić information content (AvgIpc) is 3.30. The molecule has 0 saturated carbocycles. The lowest BCUT2D eigenvalue weighted by molar-refractivity contribution is -0.126. The summed E-state index contributed by atoms with van der Waals surface area (Å²) in [5, 5.41) is 0. The molecular formula is C22H27N2O3. The van der Waals surface area contributed by atoms with Crippen LogP contribution in [0.15, 0.2) is 42.6 Å². The van der Waals surface area contributed by atoms with Crippen LogP contribution in [0.3, 0.4) is 0 Å². The topological polar surface area (TPSA) is 51.5 Å². The SMILES string of the molecule is CC(C)(C)OC(=O)n1cccc1-c1ccc(C[CH]C(=O)N2CCCC2)cc1. The lowest BCUT2D eigenvalue weighted by atomic mass is 10.1. The second-order valence-electron chi connectivity index (χ2n) is 7.88. The molecule has 1 fully saturated rings. The molecular weight excluding hydrogens is 340 g/mol. The zero-order valence-corrected chi connectivity index (χ0v) is 16.3. The summed E-state index contributed by atoms with van der Waals surface area (Å²) in [6.45, 7) is 7.29. The van der Waals surface area contributed by atoms with Gasteiger partial charge in [-0.15, -0.1) is 0 Å². The van der Waals surface area contributed by atoms with Crippen molar-refractivity contribution in [1.82, 2.24) is 9.47 Å². The Morgan fingerprint density at radius 2 is 1.74 bits per heavy atom. The molecule has 0 spiro atoms. The van der Waals surface area contributed by atoms with Crippen LogP contribution in [0, 0.1) is 6.42 Å². The fourth-order valence-electron chi connectivity index (χ4n) is 3.17. The number of amides is 1. The molecule has 27 heavy (non-hydrogen) atoms. The monoisotopic (exact) mass is 367 g/mol. The molecule has 1 aromatic heterocycles. The van der Waals surface area contributed by atoms with Gasteiger partial charge in [-0.1, -0.05) is 24.3 Å². The van der Waals surface area contributed by atoms with Gasteiger partial charge in [-0.25, -0.2) is 4.79 Å². The molecule has 5 nitrogen and oxygen atoms in total. The van der Waals surface area contributed by atoms with Crippen LogP contribution < -0.4 is 0 Å². The van der Waals surface area contributed by atoms with Gasteiger partial charge in [0, 0.05) is 19.3 Å². The second kappa shape index (κ2) is 7.99. The molecule has 0 unspecified atom stereocenters. The second-order valence-corrected chi connectivity index (χ2v) is 7.88. The molecule has 2 heterocycles. The summed E-state index contributed by atoms with van der Waals surface area (Å²) >= 11 is 0. The number of hydrogen-bond donors (Lipinski definition) is 0. The van der Waals surface area contributed by atoms with Crippen molar-refractivity contribution in [2.75, 3.05) is 13.1 Å². The van der Waals surface area contributed by atoms with E-state index < -0.39 is 11.7 Å². The van der Waals surface area contributed by atoms with Gasteiger partial charge in [-0.05, 0) is 63.3 Å². The fraction of sp³-hybridized carbons (Fsp3) is 0.409. The fourth-order valence-corrected chi connectivity index (χ4v) is 3.17. The standard InChI is InChI=1S/C22H27N2O3/c1-22(2,3)27-21(26)24-16-6-7-19(24)18-11-8-17(9-12-18)10-13-20(25)23-14-4-5-15-23/h6-9,11-13,16H,4-5,10,14-15H2,1-3H3. The van der Waals surface area contributed by atoms with Crippen LogP contribution in [-0.2, 0) is 16.0 Å². The van der Waals surface area contributed by atoms with Crippen molar-refractivity contribution in [3.63, 3.8) is 0 Å². The number of likely N-dealkylation sites (tertiary alicyclic amines) is 1. The Balaban J connectivity index is 1.65. The number of benzene rings is 1. The predicted octanol–water partition coefficient (Wildman–Crippen LogP) is 4.31. The maximum absolute atomic E-state index is 12.4. The minimum atomic E-state index is -0.541. The van der Waals surface area contributed by atoms with Gasteiger partial charge in [0.2, 0.25) is 5.91 Å². The van der Waals surface area contributed by atoms with Gasteiger partial charge < -0.3 is 9.64 Å². The smallest absolute Gasteiger partial charge is 0.418 e. The third kappa shape index (κ3) is 5.00. The Morgan fingerprint density at radius 1 is 1.07 bits per heavy atom. The molecule has 0 atom stereocenters. The molecule has 0 aliphatic carbocycles. The first-order chi connectivity index (χ1) is 12.8. The highest BCUT2D eigenvalue weighted by Gasteiger charge is 2.20. The van der Waals surface area contributed by atoms with Crippen LogP contribution in [0.4, 0.5) is 4.79 Å². The number of hydrogen-bond acceptors (Lipinski definition) is 3. The van der Waals surface area contributed by atoms with Gasteiger partial charge in [0.25, 0.3) is 0 Å². The molecule has 2 aromatic rings. The molecule has 1 aromatic carbocycles. The van der Waals surface area contributed by atoms with E-state index in [2.05, 4.69) is 0 Å². The minimum absolute atomic E-state index is 0.121. The van der Waals surface area contributed by atoms with Gasteiger partial charge in [-0.3, -0.25) is 9.36 Å². The highest BCUT2D eigenvalue weighted by Crippen LogP contribution is 2.23. The van der Waals surface area contributed by atoms with Crippen molar-refractivity contribution < 1.29 is 14.3 Å². The lowest BCUT2D eigenvalue weighted by Crippen LogP contribution is -2.28. The summed E-state index contributed by atoms with van der Waals surface area (Å²) in [5.74, 6) is 0.121. The zero-order valence-electron chi connectivity index (χ0n) is 16.3. The zero-order chi connectivity index (χ0) is 19.4. The van der Waals surface area contributed by atoms with Crippen LogP contribution in [-0.4, -0.2) is 40.2 Å². The van der Waals surface area contributed by atoms with Gasteiger partial charge in [-0.2, -0.15) is 0 Å². The minimum Gasteiger partial charge on any atom is -0.443 e. The molecule has 1 aliphatic heterocycles. The third-order valence-corrected chi connectivity index (χ3v) is 4.52. The van der Waals surface area contributed by atoms with E-state index in [1.807, 2.05) is 62.1 Å². The lowest BCUT2D eigenvalue weighted by Gasteiger charge is -2.20. The first kappa shape index (κ1) is 19.2. The highest BCUT2D eigenvalue weighted by atomic mass is 16.6. The Hall–Kier alpha value is -2.56. The Morgan fingerprint density at radius 3 is 2.37 bits per heavy atom. The molecule has 1 amide bonds. The van der Waals surface area contributed by atoms with Gasteiger partial charge in [0.15, 0.2) is 0 Å². The molecule has 1 saturated heterocycles. The van der Waals surface area contributed by atoms with Gasteiger partial charge in [0.1, 0.15) is 5.60 Å². The molecule has 5 heteroatoms. The Kier molecular flexibility index (Phi) is 5.68. The van der Waals surface area contributed by atoms with E-state index in [9.17, 15) is 9.59 Å². The summed E-state index contributed by atoms with van der Waals surface area (Å²) < 4.78 is 6.98. The van der Waals surface area contributed by atoms with Gasteiger partial charge >= 0.3 is 6.09 Å². The predicted molar refractivity (Wildman–Crippen MR) is 105 cm³/mol. The van der Waals surface area contributed by atoms with E-state index in [0.29, 0.717) is 6.42 Å². The van der Waals surface area contributed by atoms with Crippen molar-refractivity contribution in [2.45, 2.75) is 45.6 Å². The van der Waals surface area contributed by atoms with Crippen molar-refractivity contribution in [3.05, 3.63) is 54.6 Å². The van der Waals surface area contributed by atoms with E-state index in [1.54, 1.807) is 12.6 Å². The normalized spacial score (nSPS) is 14.4. The number of nitrogens with zero attached hydrogens (tertiary/aromatic N) is 2. The first-order valence-corrected chi connectivity index (χ1v) is 9.46. The number of rotatable bonds is 4. The molecule has 0 N–H and O–H groups in total. The summed E-state index contributed by atoms with van der Waals surface area (Å²) in [4.78, 5) is 26.4. The summed E-state index contributed by atoms with van der Waals surface area (Å²) in [6.07, 6.45) is 5.89. The van der Waals surface area contributed by atoms with E-state index in [0.717, 1.165) is 42.8 Å². The van der Waals surface area contributed by atoms with Crippen molar-refractivity contribution in [3.8, 4) is 11.3 Å². The molecule has 143 valence electrons. The van der Waals surface area contributed by atoms with E-state index in [-0.39, 0.29) is 5.91 Å². The van der Waals surface area contributed by atoms with Crippen LogP contribution >= 0.6 is 0 Å². The summed E-state index contributed by atoms with van der Waals surface area (Å²) in [5.41, 5.74) is 2.25. The summed E-state index contributed by atoms with van der Waals surface area (Å²) in [7, 11) is 0. The number of carbonyl (C=O) groups is 2. The van der Waals surface area contributed by atoms with Gasteiger partial charge in [0.05, 0.1) is 12.1 Å². The van der Waals surface area contributed by atoms with Crippen molar-refractivity contribution in [2.24, 2.45) is 0 Å². The Labute approximate surface area is 160 Å². The van der Waals surface area contributed by atoms with E-state index in [4.69, 9.17) is 4.74 Å². The number of carbonyl (C=O) groups excluding carboxylic acids is 2. The molecule has 0 bridgehead atoms. The quantitative estimate of drug-likeness (QED) is 0.809.